The summed E-state index contributed by atoms with van der Waals surface area (Å²) in [5.74, 6) is 0.903. The monoisotopic (exact) mass is 425 g/mol. The molecule has 2 aromatic heterocycles. The molecule has 0 radical (unpaired) electrons. The second kappa shape index (κ2) is 8.26. The summed E-state index contributed by atoms with van der Waals surface area (Å²) in [6, 6.07) is 14.5. The van der Waals surface area contributed by atoms with Gasteiger partial charge in [0.05, 0.1) is 11.7 Å². The summed E-state index contributed by atoms with van der Waals surface area (Å²) in [4.78, 5) is 18.9. The van der Waals surface area contributed by atoms with E-state index in [1.54, 1.807) is 0 Å². The zero-order valence-electron chi connectivity index (χ0n) is 15.4. The first-order valence-electron chi connectivity index (χ1n) is 9.61. The van der Waals surface area contributed by atoms with Crippen LogP contribution in [-0.4, -0.2) is 33.4 Å². The minimum atomic E-state index is 0.290. The number of halogens is 1. The third kappa shape index (κ3) is 4.41. The van der Waals surface area contributed by atoms with Crippen molar-refractivity contribution >= 4 is 32.7 Å². The molecule has 3 aromatic rings. The van der Waals surface area contributed by atoms with Crippen molar-refractivity contribution in [1.29, 1.82) is 0 Å². The first-order chi connectivity index (χ1) is 13.2. The van der Waals surface area contributed by atoms with E-state index in [1.807, 2.05) is 29.3 Å². The van der Waals surface area contributed by atoms with Crippen molar-refractivity contribution in [1.82, 2.24) is 14.5 Å². The highest BCUT2D eigenvalue weighted by atomic mass is 79.9. The number of fused-ring (bicyclic) bond motifs is 1. The predicted molar refractivity (Wildman–Crippen MR) is 112 cm³/mol. The number of aryl methyl sites for hydroxylation is 1. The number of likely N-dealkylation sites (tertiary alicyclic amines) is 1. The summed E-state index contributed by atoms with van der Waals surface area (Å²) in [6.45, 7) is 2.75. The summed E-state index contributed by atoms with van der Waals surface area (Å²) in [7, 11) is 0. The Bertz CT molecular complexity index is 914. The lowest BCUT2D eigenvalue weighted by Crippen LogP contribution is -2.39. The summed E-state index contributed by atoms with van der Waals surface area (Å²) < 4.78 is 3.17. The average Bonchev–Trinajstić information content (AvgIpc) is 3.09. The number of hydrogen-bond acceptors (Lipinski definition) is 2. The van der Waals surface area contributed by atoms with Gasteiger partial charge in [-0.15, -0.1) is 0 Å². The summed E-state index contributed by atoms with van der Waals surface area (Å²) in [5, 5.41) is 1.21. The van der Waals surface area contributed by atoms with E-state index >= 15 is 0 Å². The molecule has 0 unspecified atom stereocenters. The Morgan fingerprint density at radius 1 is 1.15 bits per heavy atom. The molecule has 1 saturated heterocycles. The second-order valence-electron chi connectivity index (χ2n) is 7.34. The Morgan fingerprint density at radius 3 is 2.70 bits per heavy atom. The highest BCUT2D eigenvalue weighted by molar-refractivity contribution is 9.10. The van der Waals surface area contributed by atoms with Crippen molar-refractivity contribution in [2.45, 2.75) is 32.2 Å². The van der Waals surface area contributed by atoms with Crippen LogP contribution in [0.5, 0.6) is 0 Å². The molecule has 1 fully saturated rings. The van der Waals surface area contributed by atoms with Crippen LogP contribution < -0.4 is 0 Å². The fourth-order valence-corrected chi connectivity index (χ4v) is 4.27. The molecular weight excluding hydrogens is 402 g/mol. The fraction of sp³-hybridized carbons (Fsp3) is 0.364. The molecule has 0 N–H and O–H groups in total. The first kappa shape index (κ1) is 18.2. The number of piperidine rings is 1. The molecular formula is C22H24BrN3O. The van der Waals surface area contributed by atoms with Crippen LogP contribution in [0.2, 0.25) is 0 Å². The number of amides is 1. The van der Waals surface area contributed by atoms with E-state index < -0.39 is 0 Å². The highest BCUT2D eigenvalue weighted by Crippen LogP contribution is 2.24. The molecule has 1 aliphatic heterocycles. The van der Waals surface area contributed by atoms with Crippen molar-refractivity contribution < 1.29 is 4.79 Å². The van der Waals surface area contributed by atoms with Crippen LogP contribution in [0.1, 0.15) is 24.8 Å². The molecule has 0 bridgehead atoms. The Kier molecular flexibility index (Phi) is 5.58. The van der Waals surface area contributed by atoms with Crippen LogP contribution in [-0.2, 0) is 17.8 Å². The molecule has 0 saturated carbocycles. The Labute approximate surface area is 168 Å². The summed E-state index contributed by atoms with van der Waals surface area (Å²) in [6.07, 6.45) is 7.66. The summed E-state index contributed by atoms with van der Waals surface area (Å²) in [5.41, 5.74) is 2.42. The van der Waals surface area contributed by atoms with Gasteiger partial charge in [-0.3, -0.25) is 4.79 Å². The Morgan fingerprint density at radius 2 is 1.93 bits per heavy atom. The van der Waals surface area contributed by atoms with Crippen molar-refractivity contribution in [3.63, 3.8) is 0 Å². The van der Waals surface area contributed by atoms with Gasteiger partial charge < -0.3 is 9.47 Å². The third-order valence-corrected chi connectivity index (χ3v) is 5.95. The number of aromatic nitrogens is 2. The maximum Gasteiger partial charge on any atom is 0.222 e. The van der Waals surface area contributed by atoms with E-state index in [0.717, 1.165) is 43.5 Å². The number of carbonyl (C=O) groups is 1. The van der Waals surface area contributed by atoms with Gasteiger partial charge in [0, 0.05) is 37.6 Å². The molecule has 4 rings (SSSR count). The zero-order chi connectivity index (χ0) is 18.6. The predicted octanol–water partition coefficient (Wildman–Crippen LogP) is 4.67. The number of pyridine rings is 1. The largest absolute Gasteiger partial charge is 0.346 e. The molecule has 0 aliphatic carbocycles. The zero-order valence-corrected chi connectivity index (χ0v) is 16.9. The Balaban J connectivity index is 1.29. The van der Waals surface area contributed by atoms with Crippen molar-refractivity contribution in [2.75, 3.05) is 13.1 Å². The molecule has 4 nitrogen and oxygen atoms in total. The number of benzene rings is 1. The lowest BCUT2D eigenvalue weighted by molar-refractivity contribution is -0.132. The van der Waals surface area contributed by atoms with E-state index in [1.165, 1.54) is 16.5 Å². The lowest BCUT2D eigenvalue weighted by Gasteiger charge is -2.32. The van der Waals surface area contributed by atoms with Crippen LogP contribution in [0, 0.1) is 5.92 Å². The van der Waals surface area contributed by atoms with Gasteiger partial charge in [-0.25, -0.2) is 4.98 Å². The highest BCUT2D eigenvalue weighted by Gasteiger charge is 2.23. The van der Waals surface area contributed by atoms with E-state index in [-0.39, 0.29) is 5.91 Å². The van der Waals surface area contributed by atoms with E-state index in [9.17, 15) is 4.79 Å². The quantitative estimate of drug-likeness (QED) is 0.556. The van der Waals surface area contributed by atoms with Crippen LogP contribution in [0.4, 0.5) is 0 Å². The molecule has 1 aliphatic rings. The fourth-order valence-electron chi connectivity index (χ4n) is 3.92. The number of nitrogens with zero attached hydrogens (tertiary/aromatic N) is 3. The number of carbonyl (C=O) groups excluding carboxylic acids is 1. The molecule has 5 heteroatoms. The minimum absolute atomic E-state index is 0.290. The topological polar surface area (TPSA) is 38.1 Å². The molecule has 140 valence electrons. The van der Waals surface area contributed by atoms with E-state index in [2.05, 4.69) is 55.9 Å². The van der Waals surface area contributed by atoms with Crippen LogP contribution in [0.3, 0.4) is 0 Å². The van der Waals surface area contributed by atoms with Crippen LogP contribution in [0.25, 0.3) is 10.9 Å². The average molecular weight is 426 g/mol. The molecule has 1 amide bonds. The van der Waals surface area contributed by atoms with Gasteiger partial charge in [-0.1, -0.05) is 30.3 Å². The van der Waals surface area contributed by atoms with E-state index in [4.69, 9.17) is 0 Å². The molecule has 0 spiro atoms. The van der Waals surface area contributed by atoms with Crippen molar-refractivity contribution in [3.8, 4) is 0 Å². The maximum atomic E-state index is 12.5. The standard InChI is InChI=1S/C22H24BrN3O/c23-21-14-19-10-13-26(20(19)15-24-21)16-18-8-11-25(12-9-18)22(27)7-6-17-4-2-1-3-5-17/h1-5,10,13-15,18H,6-9,11-12,16H2. The third-order valence-electron chi connectivity index (χ3n) is 5.52. The normalized spacial score (nSPS) is 15.4. The molecule has 1 aromatic carbocycles. The Hall–Kier alpha value is -2.14. The first-order valence-corrected chi connectivity index (χ1v) is 10.4. The SMILES string of the molecule is O=C(CCc1ccccc1)N1CCC(Cn2ccc3cc(Br)ncc32)CC1. The second-order valence-corrected chi connectivity index (χ2v) is 8.16. The van der Waals surface area contributed by atoms with Crippen LogP contribution in [0.15, 0.2) is 59.5 Å². The van der Waals surface area contributed by atoms with Crippen molar-refractivity contribution in [3.05, 3.63) is 65.0 Å². The smallest absolute Gasteiger partial charge is 0.222 e. The minimum Gasteiger partial charge on any atom is -0.346 e. The van der Waals surface area contributed by atoms with Gasteiger partial charge in [0.25, 0.3) is 0 Å². The van der Waals surface area contributed by atoms with E-state index in [0.29, 0.717) is 12.3 Å². The number of rotatable bonds is 5. The van der Waals surface area contributed by atoms with Gasteiger partial charge in [0.15, 0.2) is 0 Å². The van der Waals surface area contributed by atoms with Gasteiger partial charge in [-0.05, 0) is 58.8 Å². The summed E-state index contributed by atoms with van der Waals surface area (Å²) >= 11 is 3.43. The van der Waals surface area contributed by atoms with Gasteiger partial charge in [-0.2, -0.15) is 0 Å². The number of hydrogen-bond donors (Lipinski definition) is 0. The molecule has 3 heterocycles. The molecule has 27 heavy (non-hydrogen) atoms. The lowest BCUT2D eigenvalue weighted by atomic mass is 9.96. The maximum absolute atomic E-state index is 12.5. The van der Waals surface area contributed by atoms with Crippen molar-refractivity contribution in [2.24, 2.45) is 5.92 Å². The van der Waals surface area contributed by atoms with Crippen LogP contribution >= 0.6 is 15.9 Å². The molecule has 0 atom stereocenters. The van der Waals surface area contributed by atoms with Gasteiger partial charge >= 0.3 is 0 Å². The van der Waals surface area contributed by atoms with Gasteiger partial charge in [0.1, 0.15) is 4.60 Å². The van der Waals surface area contributed by atoms with Gasteiger partial charge in [0.2, 0.25) is 5.91 Å².